The molecule has 0 fully saturated rings. The Morgan fingerprint density at radius 2 is 2.00 bits per heavy atom. The maximum Gasteiger partial charge on any atom is 0.0810 e. The van der Waals surface area contributed by atoms with Crippen LogP contribution in [-0.4, -0.2) is 26.9 Å². The predicted molar refractivity (Wildman–Crippen MR) is 72.4 cm³/mol. The largest absolute Gasteiger partial charge is 0.382 e. The predicted octanol–water partition coefficient (Wildman–Crippen LogP) is 2.66. The summed E-state index contributed by atoms with van der Waals surface area (Å²) in [7, 11) is 1.69. The number of thiophene rings is 1. The fourth-order valence-electron chi connectivity index (χ4n) is 1.39. The van der Waals surface area contributed by atoms with Gasteiger partial charge in [-0.1, -0.05) is 13.8 Å². The first-order valence-corrected chi connectivity index (χ1v) is 6.89. The average molecular weight is 257 g/mol. The van der Waals surface area contributed by atoms with Gasteiger partial charge in [-0.25, -0.2) is 0 Å². The second-order valence-corrected chi connectivity index (χ2v) is 5.69. The highest BCUT2D eigenvalue weighted by molar-refractivity contribution is 7.11. The third kappa shape index (κ3) is 6.78. The lowest BCUT2D eigenvalue weighted by Crippen LogP contribution is -2.18. The molecule has 3 nitrogen and oxygen atoms in total. The molecule has 0 aliphatic carbocycles. The molecular weight excluding hydrogens is 234 g/mol. The lowest BCUT2D eigenvalue weighted by atomic mass is 10.2. The van der Waals surface area contributed by atoms with Gasteiger partial charge in [-0.3, -0.25) is 0 Å². The van der Waals surface area contributed by atoms with Crippen LogP contribution in [0.4, 0.5) is 0 Å². The minimum atomic E-state index is 0.661. The van der Waals surface area contributed by atoms with Gasteiger partial charge in [0.15, 0.2) is 0 Å². The van der Waals surface area contributed by atoms with Crippen molar-refractivity contribution in [1.29, 1.82) is 0 Å². The van der Waals surface area contributed by atoms with E-state index in [2.05, 4.69) is 31.3 Å². The SMILES string of the molecule is COCCOCc1ccc(CNCC(C)C)s1. The van der Waals surface area contributed by atoms with Gasteiger partial charge in [-0.05, 0) is 24.6 Å². The molecule has 1 N–H and O–H groups in total. The van der Waals surface area contributed by atoms with E-state index < -0.39 is 0 Å². The number of hydrogen-bond donors (Lipinski definition) is 1. The zero-order chi connectivity index (χ0) is 12.5. The van der Waals surface area contributed by atoms with Crippen molar-refractivity contribution in [2.45, 2.75) is 27.0 Å². The summed E-state index contributed by atoms with van der Waals surface area (Å²) < 4.78 is 10.4. The number of rotatable bonds is 9. The third-order valence-corrected chi connectivity index (χ3v) is 3.30. The summed E-state index contributed by atoms with van der Waals surface area (Å²) in [5, 5.41) is 3.44. The Morgan fingerprint density at radius 3 is 2.71 bits per heavy atom. The molecule has 0 aliphatic heterocycles. The van der Waals surface area contributed by atoms with Gasteiger partial charge in [0.25, 0.3) is 0 Å². The molecule has 0 bridgehead atoms. The Labute approximate surface area is 108 Å². The molecule has 98 valence electrons. The molecule has 0 radical (unpaired) electrons. The molecule has 0 unspecified atom stereocenters. The van der Waals surface area contributed by atoms with E-state index >= 15 is 0 Å². The molecule has 1 rings (SSSR count). The van der Waals surface area contributed by atoms with Crippen LogP contribution in [0, 0.1) is 5.92 Å². The molecule has 0 saturated heterocycles. The highest BCUT2D eigenvalue weighted by Crippen LogP contribution is 2.17. The molecule has 0 saturated carbocycles. The van der Waals surface area contributed by atoms with Crippen molar-refractivity contribution in [2.75, 3.05) is 26.9 Å². The summed E-state index contributed by atoms with van der Waals surface area (Å²) in [4.78, 5) is 2.65. The fourth-order valence-corrected chi connectivity index (χ4v) is 2.32. The number of nitrogens with one attached hydrogen (secondary N) is 1. The molecule has 4 heteroatoms. The van der Waals surface area contributed by atoms with E-state index in [1.165, 1.54) is 9.75 Å². The van der Waals surface area contributed by atoms with Gasteiger partial charge < -0.3 is 14.8 Å². The molecule has 1 aromatic heterocycles. The van der Waals surface area contributed by atoms with Gasteiger partial charge in [-0.2, -0.15) is 0 Å². The van der Waals surface area contributed by atoms with Crippen molar-refractivity contribution >= 4 is 11.3 Å². The smallest absolute Gasteiger partial charge is 0.0810 e. The van der Waals surface area contributed by atoms with Crippen LogP contribution in [0.25, 0.3) is 0 Å². The van der Waals surface area contributed by atoms with E-state index in [0.717, 1.165) is 13.1 Å². The van der Waals surface area contributed by atoms with E-state index in [4.69, 9.17) is 9.47 Å². The van der Waals surface area contributed by atoms with Crippen LogP contribution >= 0.6 is 11.3 Å². The van der Waals surface area contributed by atoms with Crippen LogP contribution in [0.2, 0.25) is 0 Å². The third-order valence-electron chi connectivity index (χ3n) is 2.25. The zero-order valence-corrected chi connectivity index (χ0v) is 11.8. The van der Waals surface area contributed by atoms with Gasteiger partial charge in [0.1, 0.15) is 0 Å². The Morgan fingerprint density at radius 1 is 1.24 bits per heavy atom. The van der Waals surface area contributed by atoms with Crippen molar-refractivity contribution in [3.8, 4) is 0 Å². The summed E-state index contributed by atoms with van der Waals surface area (Å²) in [6.45, 7) is 8.48. The summed E-state index contributed by atoms with van der Waals surface area (Å²) in [5.74, 6) is 0.701. The fraction of sp³-hybridized carbons (Fsp3) is 0.692. The normalized spacial score (nSPS) is 11.3. The van der Waals surface area contributed by atoms with Gasteiger partial charge in [0, 0.05) is 23.4 Å². The summed E-state index contributed by atoms with van der Waals surface area (Å²) >= 11 is 1.81. The molecule has 17 heavy (non-hydrogen) atoms. The van der Waals surface area contributed by atoms with Crippen molar-refractivity contribution in [2.24, 2.45) is 5.92 Å². The van der Waals surface area contributed by atoms with Crippen molar-refractivity contribution in [3.05, 3.63) is 21.9 Å². The Bertz CT molecular complexity index is 299. The first kappa shape index (κ1) is 14.6. The van der Waals surface area contributed by atoms with E-state index in [-0.39, 0.29) is 0 Å². The first-order chi connectivity index (χ1) is 8.22. The van der Waals surface area contributed by atoms with Gasteiger partial charge in [-0.15, -0.1) is 11.3 Å². The maximum atomic E-state index is 5.48. The average Bonchev–Trinajstić information content (AvgIpc) is 2.72. The molecule has 1 aromatic rings. The van der Waals surface area contributed by atoms with Crippen LogP contribution in [0.15, 0.2) is 12.1 Å². The molecule has 0 spiro atoms. The number of methoxy groups -OCH3 is 1. The van der Waals surface area contributed by atoms with E-state index in [9.17, 15) is 0 Å². The van der Waals surface area contributed by atoms with Crippen molar-refractivity contribution < 1.29 is 9.47 Å². The Balaban J connectivity index is 2.18. The second kappa shape index (κ2) is 8.64. The molecule has 0 aromatic carbocycles. The highest BCUT2D eigenvalue weighted by atomic mass is 32.1. The van der Waals surface area contributed by atoms with Crippen LogP contribution in [-0.2, 0) is 22.6 Å². The van der Waals surface area contributed by atoms with E-state index in [1.54, 1.807) is 7.11 Å². The van der Waals surface area contributed by atoms with E-state index in [1.807, 2.05) is 11.3 Å². The maximum absolute atomic E-state index is 5.48. The van der Waals surface area contributed by atoms with Crippen LogP contribution in [0.5, 0.6) is 0 Å². The molecule has 0 aliphatic rings. The monoisotopic (exact) mass is 257 g/mol. The van der Waals surface area contributed by atoms with Crippen molar-refractivity contribution in [3.63, 3.8) is 0 Å². The van der Waals surface area contributed by atoms with Gasteiger partial charge in [0.05, 0.1) is 19.8 Å². The van der Waals surface area contributed by atoms with Crippen LogP contribution in [0.1, 0.15) is 23.6 Å². The van der Waals surface area contributed by atoms with Gasteiger partial charge in [0.2, 0.25) is 0 Å². The number of hydrogen-bond acceptors (Lipinski definition) is 4. The van der Waals surface area contributed by atoms with E-state index in [0.29, 0.717) is 25.7 Å². The van der Waals surface area contributed by atoms with Crippen LogP contribution < -0.4 is 5.32 Å². The Hall–Kier alpha value is -0.420. The molecule has 0 atom stereocenters. The van der Waals surface area contributed by atoms with Gasteiger partial charge >= 0.3 is 0 Å². The minimum absolute atomic E-state index is 0.661. The standard InChI is InChI=1S/C13H23NO2S/c1-11(2)8-14-9-12-4-5-13(17-12)10-16-7-6-15-3/h4-5,11,14H,6-10H2,1-3H3. The zero-order valence-electron chi connectivity index (χ0n) is 11.0. The van der Waals surface area contributed by atoms with Crippen LogP contribution in [0.3, 0.4) is 0 Å². The summed E-state index contributed by atoms with van der Waals surface area (Å²) in [6, 6.07) is 4.32. The Kier molecular flexibility index (Phi) is 7.44. The summed E-state index contributed by atoms with van der Waals surface area (Å²) in [5.41, 5.74) is 0. The highest BCUT2D eigenvalue weighted by Gasteiger charge is 2.01. The topological polar surface area (TPSA) is 30.5 Å². The molecule has 1 heterocycles. The lowest BCUT2D eigenvalue weighted by Gasteiger charge is -2.05. The lowest BCUT2D eigenvalue weighted by molar-refractivity contribution is 0.0628. The van der Waals surface area contributed by atoms with Crippen molar-refractivity contribution in [1.82, 2.24) is 5.32 Å². The quantitative estimate of drug-likeness (QED) is 0.690. The minimum Gasteiger partial charge on any atom is -0.382 e. The number of ether oxygens (including phenoxy) is 2. The second-order valence-electron chi connectivity index (χ2n) is 4.44. The molecule has 0 amide bonds. The first-order valence-electron chi connectivity index (χ1n) is 6.07. The summed E-state index contributed by atoms with van der Waals surface area (Å²) in [6.07, 6.45) is 0. The molecular formula is C13H23NO2S.